The number of benzene rings is 2. The molecule has 0 aliphatic carbocycles. The van der Waals surface area contributed by atoms with Crippen LogP contribution in [0.2, 0.25) is 10.0 Å². The number of thioether (sulfide) groups is 1. The topological polar surface area (TPSA) is 113 Å². The fraction of sp³-hybridized carbons (Fsp3) is 0.167. The number of nitrogens with one attached hydrogen (secondary N) is 3. The van der Waals surface area contributed by atoms with E-state index in [4.69, 9.17) is 28.9 Å². The van der Waals surface area contributed by atoms with Crippen LogP contribution in [0.5, 0.6) is 0 Å². The van der Waals surface area contributed by atoms with E-state index in [1.807, 2.05) is 0 Å². The molecule has 0 spiro atoms. The van der Waals surface area contributed by atoms with Gasteiger partial charge in [0.25, 0.3) is 0 Å². The van der Waals surface area contributed by atoms with Crippen molar-refractivity contribution < 1.29 is 14.4 Å². The van der Waals surface area contributed by atoms with Gasteiger partial charge < -0.3 is 11.1 Å². The average Bonchev–Trinajstić information content (AvgIpc) is 2.65. The van der Waals surface area contributed by atoms with E-state index in [0.717, 1.165) is 4.90 Å². The number of primary amides is 1. The van der Waals surface area contributed by atoms with E-state index in [1.54, 1.807) is 48.5 Å². The highest BCUT2D eigenvalue weighted by Gasteiger charge is 2.20. The van der Waals surface area contributed by atoms with Gasteiger partial charge in [-0.25, -0.2) is 4.79 Å². The van der Waals surface area contributed by atoms with Gasteiger partial charge >= 0.3 is 6.03 Å². The van der Waals surface area contributed by atoms with Crippen LogP contribution in [0.15, 0.2) is 53.4 Å². The molecule has 7 nitrogen and oxygen atoms in total. The highest BCUT2D eigenvalue weighted by atomic mass is 35.5. The largest absolute Gasteiger partial charge is 0.352 e. The fourth-order valence-corrected chi connectivity index (χ4v) is 3.35. The van der Waals surface area contributed by atoms with Gasteiger partial charge in [0.1, 0.15) is 0 Å². The summed E-state index contributed by atoms with van der Waals surface area (Å²) in [7, 11) is 0. The van der Waals surface area contributed by atoms with Crippen molar-refractivity contribution in [3.8, 4) is 0 Å². The molecule has 0 saturated carbocycles. The Morgan fingerprint density at radius 2 is 1.61 bits per heavy atom. The van der Waals surface area contributed by atoms with E-state index in [-0.39, 0.29) is 18.1 Å². The van der Waals surface area contributed by atoms with Gasteiger partial charge in [-0.1, -0.05) is 41.4 Å². The molecule has 0 heterocycles. The Kier molecular flexibility index (Phi) is 8.43. The molecular weight excluding hydrogens is 423 g/mol. The molecule has 2 aromatic rings. The molecule has 0 fully saturated rings. The first-order valence-electron chi connectivity index (χ1n) is 8.11. The smallest absolute Gasteiger partial charge is 0.312 e. The Bertz CT molecular complexity index is 849. The van der Waals surface area contributed by atoms with Crippen molar-refractivity contribution in [2.24, 2.45) is 5.73 Å². The Balaban J connectivity index is 1.84. The molecule has 1 atom stereocenters. The van der Waals surface area contributed by atoms with Gasteiger partial charge in [-0.2, -0.15) is 0 Å². The summed E-state index contributed by atoms with van der Waals surface area (Å²) in [4.78, 5) is 36.2. The SMILES string of the molecule is NC(=O)NC(CC(=O)NNC(=O)CSc1ccc(Cl)cc1)c1ccccc1Cl. The van der Waals surface area contributed by atoms with Crippen LogP contribution in [0.1, 0.15) is 18.0 Å². The van der Waals surface area contributed by atoms with Gasteiger partial charge in [0.15, 0.2) is 0 Å². The molecule has 1 unspecified atom stereocenters. The zero-order valence-electron chi connectivity index (χ0n) is 14.6. The summed E-state index contributed by atoms with van der Waals surface area (Å²) in [6.45, 7) is 0. The van der Waals surface area contributed by atoms with Crippen molar-refractivity contribution in [2.75, 3.05) is 5.75 Å². The zero-order valence-corrected chi connectivity index (χ0v) is 16.9. The van der Waals surface area contributed by atoms with Crippen LogP contribution in [0, 0.1) is 0 Å². The zero-order chi connectivity index (χ0) is 20.5. The van der Waals surface area contributed by atoms with E-state index < -0.39 is 18.0 Å². The number of nitrogens with two attached hydrogens (primary N) is 1. The molecule has 0 bridgehead atoms. The molecule has 0 aliphatic heterocycles. The maximum absolute atomic E-state index is 12.2. The Morgan fingerprint density at radius 1 is 0.964 bits per heavy atom. The second kappa shape index (κ2) is 10.8. The summed E-state index contributed by atoms with van der Waals surface area (Å²) < 4.78 is 0. The quantitative estimate of drug-likeness (QED) is 0.391. The lowest BCUT2D eigenvalue weighted by Gasteiger charge is -2.19. The molecule has 0 aliphatic rings. The minimum atomic E-state index is -0.791. The molecule has 0 aromatic heterocycles. The lowest BCUT2D eigenvalue weighted by atomic mass is 10.0. The lowest BCUT2D eigenvalue weighted by molar-refractivity contribution is -0.127. The number of amides is 4. The minimum absolute atomic E-state index is 0.107. The molecule has 0 radical (unpaired) electrons. The lowest BCUT2D eigenvalue weighted by Crippen LogP contribution is -2.44. The van der Waals surface area contributed by atoms with Gasteiger partial charge in [0, 0.05) is 14.9 Å². The third kappa shape index (κ3) is 7.30. The molecule has 2 aromatic carbocycles. The van der Waals surface area contributed by atoms with Crippen molar-refractivity contribution in [2.45, 2.75) is 17.4 Å². The standard InChI is InChI=1S/C18H18Cl2N4O3S/c19-11-5-7-12(8-6-11)28-10-17(26)24-23-16(25)9-15(22-18(21)27)13-3-1-2-4-14(13)20/h1-8,15H,9-10H2,(H,23,25)(H,24,26)(H3,21,22,27). The highest BCUT2D eigenvalue weighted by molar-refractivity contribution is 8.00. The van der Waals surface area contributed by atoms with Crippen molar-refractivity contribution >= 4 is 52.8 Å². The maximum Gasteiger partial charge on any atom is 0.312 e. The second-order valence-corrected chi connectivity index (χ2v) is 7.52. The van der Waals surface area contributed by atoms with Crippen LogP contribution in [0.25, 0.3) is 0 Å². The van der Waals surface area contributed by atoms with Crippen LogP contribution < -0.4 is 21.9 Å². The maximum atomic E-state index is 12.2. The fourth-order valence-electron chi connectivity index (χ4n) is 2.26. The Labute approximate surface area is 176 Å². The molecule has 4 amide bonds. The minimum Gasteiger partial charge on any atom is -0.352 e. The first kappa shape index (κ1) is 21.9. The number of urea groups is 1. The van der Waals surface area contributed by atoms with Crippen LogP contribution in [0.3, 0.4) is 0 Å². The summed E-state index contributed by atoms with van der Waals surface area (Å²) >= 11 is 13.2. The second-order valence-electron chi connectivity index (χ2n) is 5.63. The van der Waals surface area contributed by atoms with Crippen molar-refractivity contribution in [1.82, 2.24) is 16.2 Å². The van der Waals surface area contributed by atoms with Gasteiger partial charge in [0.05, 0.1) is 18.2 Å². The molecular formula is C18H18Cl2N4O3S. The van der Waals surface area contributed by atoms with Crippen molar-refractivity contribution in [1.29, 1.82) is 0 Å². The first-order chi connectivity index (χ1) is 13.3. The van der Waals surface area contributed by atoms with Crippen molar-refractivity contribution in [3.05, 3.63) is 64.1 Å². The molecule has 5 N–H and O–H groups in total. The Morgan fingerprint density at radius 3 is 2.25 bits per heavy atom. The summed E-state index contributed by atoms with van der Waals surface area (Å²) in [5.41, 5.74) is 10.4. The predicted octanol–water partition coefficient (Wildman–Crippen LogP) is 3.03. The third-order valence-electron chi connectivity index (χ3n) is 3.51. The van der Waals surface area contributed by atoms with Crippen LogP contribution >= 0.6 is 35.0 Å². The van der Waals surface area contributed by atoms with E-state index in [0.29, 0.717) is 15.6 Å². The number of hydrogen-bond donors (Lipinski definition) is 4. The van der Waals surface area contributed by atoms with Crippen molar-refractivity contribution in [3.63, 3.8) is 0 Å². The molecule has 28 heavy (non-hydrogen) atoms. The predicted molar refractivity (Wildman–Crippen MR) is 110 cm³/mol. The number of halogens is 2. The molecule has 0 saturated heterocycles. The summed E-state index contributed by atoms with van der Waals surface area (Å²) in [5, 5.41) is 3.47. The first-order valence-corrected chi connectivity index (χ1v) is 9.85. The summed E-state index contributed by atoms with van der Waals surface area (Å²) in [6.07, 6.45) is -0.155. The van der Waals surface area contributed by atoms with Crippen LogP contribution in [0.4, 0.5) is 4.79 Å². The monoisotopic (exact) mass is 440 g/mol. The Hall–Kier alpha value is -2.42. The number of rotatable bonds is 7. The van der Waals surface area contributed by atoms with E-state index >= 15 is 0 Å². The number of carbonyl (C=O) groups is 3. The summed E-state index contributed by atoms with van der Waals surface area (Å²) in [6, 6.07) is 12.3. The van der Waals surface area contributed by atoms with Gasteiger partial charge in [0.2, 0.25) is 11.8 Å². The number of hydrazine groups is 1. The highest BCUT2D eigenvalue weighted by Crippen LogP contribution is 2.25. The van der Waals surface area contributed by atoms with E-state index in [2.05, 4.69) is 16.2 Å². The van der Waals surface area contributed by atoms with Crippen LogP contribution in [-0.2, 0) is 9.59 Å². The van der Waals surface area contributed by atoms with Gasteiger partial charge in [-0.05, 0) is 35.9 Å². The van der Waals surface area contributed by atoms with Gasteiger partial charge in [-0.3, -0.25) is 20.4 Å². The van der Waals surface area contributed by atoms with E-state index in [1.165, 1.54) is 11.8 Å². The number of hydrogen-bond acceptors (Lipinski definition) is 4. The average molecular weight is 441 g/mol. The number of carbonyl (C=O) groups excluding carboxylic acids is 3. The normalized spacial score (nSPS) is 11.4. The van der Waals surface area contributed by atoms with Crippen LogP contribution in [-0.4, -0.2) is 23.6 Å². The summed E-state index contributed by atoms with van der Waals surface area (Å²) in [5.74, 6) is -0.788. The van der Waals surface area contributed by atoms with E-state index in [9.17, 15) is 14.4 Å². The molecule has 10 heteroatoms. The molecule has 2 rings (SSSR count). The van der Waals surface area contributed by atoms with Gasteiger partial charge in [-0.15, -0.1) is 11.8 Å². The molecule has 148 valence electrons. The third-order valence-corrected chi connectivity index (χ3v) is 5.12.